The molecule has 0 fully saturated rings. The Bertz CT molecular complexity index is 521. The number of aryl methyl sites for hydroxylation is 2. The average molecular weight is 246 g/mol. The average Bonchev–Trinajstić information content (AvgIpc) is 2.74. The third-order valence-electron chi connectivity index (χ3n) is 2.60. The molecule has 0 aliphatic heterocycles. The Hall–Kier alpha value is -1.88. The van der Waals surface area contributed by atoms with Gasteiger partial charge in [0.1, 0.15) is 5.75 Å². The first-order valence-electron chi connectivity index (χ1n) is 5.88. The van der Waals surface area contributed by atoms with Crippen molar-refractivity contribution < 1.29 is 4.74 Å². The highest BCUT2D eigenvalue weighted by Crippen LogP contribution is 2.13. The van der Waals surface area contributed by atoms with Crippen LogP contribution >= 0.6 is 0 Å². The van der Waals surface area contributed by atoms with E-state index in [1.165, 1.54) is 0 Å². The second kappa shape index (κ2) is 5.64. The molecule has 0 unspecified atom stereocenters. The van der Waals surface area contributed by atoms with Gasteiger partial charge < -0.3 is 10.1 Å². The number of rotatable bonds is 5. The van der Waals surface area contributed by atoms with Crippen LogP contribution in [0.1, 0.15) is 17.1 Å². The fraction of sp³-hybridized carbons (Fsp3) is 0.385. The van der Waals surface area contributed by atoms with Gasteiger partial charge in [0, 0.05) is 44.2 Å². The number of aromatic nitrogens is 3. The summed E-state index contributed by atoms with van der Waals surface area (Å²) < 4.78 is 7.02. The van der Waals surface area contributed by atoms with Crippen LogP contribution in [0.2, 0.25) is 0 Å². The van der Waals surface area contributed by atoms with E-state index in [4.69, 9.17) is 4.74 Å². The molecule has 0 radical (unpaired) electrons. The Morgan fingerprint density at radius 1 is 1.28 bits per heavy atom. The highest BCUT2D eigenvalue weighted by Gasteiger charge is 2.01. The summed E-state index contributed by atoms with van der Waals surface area (Å²) in [6.45, 7) is 3.40. The van der Waals surface area contributed by atoms with Gasteiger partial charge in [0.2, 0.25) is 0 Å². The number of nitrogens with zero attached hydrogens (tertiary/aromatic N) is 3. The van der Waals surface area contributed by atoms with E-state index in [0.29, 0.717) is 6.54 Å². The second-order valence-electron chi connectivity index (χ2n) is 4.22. The van der Waals surface area contributed by atoms with Crippen LogP contribution in [0.4, 0.5) is 0 Å². The van der Waals surface area contributed by atoms with Crippen molar-refractivity contribution in [1.82, 2.24) is 20.1 Å². The van der Waals surface area contributed by atoms with Crippen molar-refractivity contribution in [3.63, 3.8) is 0 Å². The molecule has 96 valence electrons. The Morgan fingerprint density at radius 2 is 2.06 bits per heavy atom. The number of ether oxygens (including phenoxy) is 1. The minimum Gasteiger partial charge on any atom is -0.497 e. The highest BCUT2D eigenvalue weighted by atomic mass is 16.5. The topological polar surface area (TPSA) is 52.0 Å². The van der Waals surface area contributed by atoms with Gasteiger partial charge in [0.25, 0.3) is 0 Å². The first kappa shape index (κ1) is 12.6. The van der Waals surface area contributed by atoms with Crippen LogP contribution in [0.3, 0.4) is 0 Å². The van der Waals surface area contributed by atoms with Crippen molar-refractivity contribution in [1.29, 1.82) is 0 Å². The smallest absolute Gasteiger partial charge is 0.122 e. The van der Waals surface area contributed by atoms with Gasteiger partial charge in [-0.1, -0.05) is 0 Å². The molecule has 2 aromatic heterocycles. The quantitative estimate of drug-likeness (QED) is 0.867. The van der Waals surface area contributed by atoms with Crippen LogP contribution < -0.4 is 10.1 Å². The molecule has 2 rings (SSSR count). The molecule has 0 aromatic carbocycles. The van der Waals surface area contributed by atoms with Crippen molar-refractivity contribution in [2.75, 3.05) is 7.11 Å². The minimum absolute atomic E-state index is 0.703. The molecule has 2 heterocycles. The summed E-state index contributed by atoms with van der Waals surface area (Å²) in [6, 6.07) is 5.86. The molecule has 5 nitrogen and oxygen atoms in total. The van der Waals surface area contributed by atoms with Gasteiger partial charge in [0.15, 0.2) is 0 Å². The van der Waals surface area contributed by atoms with Gasteiger partial charge in [0.05, 0.1) is 18.5 Å². The molecule has 0 bridgehead atoms. The van der Waals surface area contributed by atoms with Crippen molar-refractivity contribution in [3.8, 4) is 5.75 Å². The molecule has 0 spiro atoms. The molecule has 0 aliphatic rings. The molecule has 0 aliphatic carbocycles. The lowest BCUT2D eigenvalue weighted by molar-refractivity contribution is 0.412. The van der Waals surface area contributed by atoms with E-state index in [2.05, 4.69) is 15.4 Å². The van der Waals surface area contributed by atoms with Crippen LogP contribution in [0.25, 0.3) is 0 Å². The number of pyridine rings is 1. The Kier molecular flexibility index (Phi) is 3.94. The Balaban J connectivity index is 1.91. The molecule has 18 heavy (non-hydrogen) atoms. The van der Waals surface area contributed by atoms with Gasteiger partial charge in [-0.2, -0.15) is 5.10 Å². The van der Waals surface area contributed by atoms with E-state index < -0.39 is 0 Å². The molecule has 2 aromatic rings. The second-order valence-corrected chi connectivity index (χ2v) is 4.22. The lowest BCUT2D eigenvalue weighted by atomic mass is 10.3. The maximum atomic E-state index is 5.22. The summed E-state index contributed by atoms with van der Waals surface area (Å²) >= 11 is 0. The van der Waals surface area contributed by atoms with Gasteiger partial charge in [-0.3, -0.25) is 9.67 Å². The molecule has 5 heteroatoms. The SMILES string of the molecule is COc1cc(C)nc(CNCc2ccn(C)n2)c1. The van der Waals surface area contributed by atoms with Crippen LogP contribution in [0.15, 0.2) is 24.4 Å². The van der Waals surface area contributed by atoms with E-state index in [0.717, 1.165) is 29.4 Å². The Labute approximate surface area is 107 Å². The number of hydrogen-bond donors (Lipinski definition) is 1. The zero-order valence-electron chi connectivity index (χ0n) is 11.0. The minimum atomic E-state index is 0.703. The van der Waals surface area contributed by atoms with E-state index in [-0.39, 0.29) is 0 Å². The van der Waals surface area contributed by atoms with E-state index in [1.807, 2.05) is 38.4 Å². The highest BCUT2D eigenvalue weighted by molar-refractivity contribution is 5.26. The first-order chi connectivity index (χ1) is 8.67. The summed E-state index contributed by atoms with van der Waals surface area (Å²) in [5, 5.41) is 7.62. The summed E-state index contributed by atoms with van der Waals surface area (Å²) in [5.74, 6) is 0.845. The predicted molar refractivity (Wildman–Crippen MR) is 69.3 cm³/mol. The predicted octanol–water partition coefficient (Wildman–Crippen LogP) is 1.42. The van der Waals surface area contributed by atoms with Gasteiger partial charge in [-0.05, 0) is 13.0 Å². The third kappa shape index (κ3) is 3.30. The number of hydrogen-bond acceptors (Lipinski definition) is 4. The van der Waals surface area contributed by atoms with Crippen LogP contribution in [0, 0.1) is 6.92 Å². The normalized spacial score (nSPS) is 10.6. The number of methoxy groups -OCH3 is 1. The van der Waals surface area contributed by atoms with Crippen LogP contribution in [0.5, 0.6) is 5.75 Å². The standard InChI is InChI=1S/C13H18N4O/c1-10-6-13(18-3)7-12(15-10)9-14-8-11-4-5-17(2)16-11/h4-7,14H,8-9H2,1-3H3. The molecule has 0 saturated carbocycles. The van der Waals surface area contributed by atoms with E-state index >= 15 is 0 Å². The maximum absolute atomic E-state index is 5.22. The van der Waals surface area contributed by atoms with Crippen molar-refractivity contribution >= 4 is 0 Å². The molecular formula is C13H18N4O. The van der Waals surface area contributed by atoms with E-state index in [1.54, 1.807) is 11.8 Å². The van der Waals surface area contributed by atoms with Crippen molar-refractivity contribution in [3.05, 3.63) is 41.5 Å². The van der Waals surface area contributed by atoms with Crippen LogP contribution in [-0.4, -0.2) is 21.9 Å². The molecule has 1 N–H and O–H groups in total. The zero-order valence-corrected chi connectivity index (χ0v) is 11.0. The number of nitrogens with one attached hydrogen (secondary N) is 1. The van der Waals surface area contributed by atoms with Crippen molar-refractivity contribution in [2.45, 2.75) is 20.0 Å². The van der Waals surface area contributed by atoms with Gasteiger partial charge in [-0.15, -0.1) is 0 Å². The van der Waals surface area contributed by atoms with E-state index in [9.17, 15) is 0 Å². The van der Waals surface area contributed by atoms with Gasteiger partial charge in [-0.25, -0.2) is 0 Å². The third-order valence-corrected chi connectivity index (χ3v) is 2.60. The Morgan fingerprint density at radius 3 is 2.72 bits per heavy atom. The zero-order chi connectivity index (χ0) is 13.0. The molecular weight excluding hydrogens is 228 g/mol. The molecule has 0 amide bonds. The van der Waals surface area contributed by atoms with Crippen molar-refractivity contribution in [2.24, 2.45) is 7.05 Å². The lowest BCUT2D eigenvalue weighted by Crippen LogP contribution is -2.14. The lowest BCUT2D eigenvalue weighted by Gasteiger charge is -2.06. The molecule has 0 atom stereocenters. The fourth-order valence-electron chi connectivity index (χ4n) is 1.79. The monoisotopic (exact) mass is 246 g/mol. The van der Waals surface area contributed by atoms with Gasteiger partial charge >= 0.3 is 0 Å². The summed E-state index contributed by atoms with van der Waals surface area (Å²) in [5.41, 5.74) is 2.96. The summed E-state index contributed by atoms with van der Waals surface area (Å²) in [4.78, 5) is 4.45. The first-order valence-corrected chi connectivity index (χ1v) is 5.88. The van der Waals surface area contributed by atoms with Crippen LogP contribution in [-0.2, 0) is 20.1 Å². The fourth-order valence-corrected chi connectivity index (χ4v) is 1.79. The summed E-state index contributed by atoms with van der Waals surface area (Å²) in [6.07, 6.45) is 1.94. The maximum Gasteiger partial charge on any atom is 0.122 e. The summed E-state index contributed by atoms with van der Waals surface area (Å²) in [7, 11) is 3.58. The molecule has 0 saturated heterocycles. The largest absolute Gasteiger partial charge is 0.497 e.